The normalized spacial score (nSPS) is 16.0. The van der Waals surface area contributed by atoms with Crippen LogP contribution in [0.1, 0.15) is 6.42 Å². The lowest BCUT2D eigenvalue weighted by Crippen LogP contribution is -2.45. The van der Waals surface area contributed by atoms with Gasteiger partial charge in [0, 0.05) is 32.5 Å². The first-order valence-electron chi connectivity index (χ1n) is 8.06. The van der Waals surface area contributed by atoms with E-state index in [1.54, 1.807) is 13.1 Å². The van der Waals surface area contributed by atoms with Crippen LogP contribution in [-0.2, 0) is 9.59 Å². The number of anilines is 3. The van der Waals surface area contributed by atoms with Crippen molar-refractivity contribution in [2.45, 2.75) is 12.5 Å². The third kappa shape index (κ3) is 3.57. The molecule has 0 spiro atoms. The summed E-state index contributed by atoms with van der Waals surface area (Å²) in [5.74, 6) is 0.123. The summed E-state index contributed by atoms with van der Waals surface area (Å²) in [6.07, 6.45) is -0.853. The van der Waals surface area contributed by atoms with Crippen molar-refractivity contribution in [3.05, 3.63) is 48.5 Å². The third-order valence-corrected chi connectivity index (χ3v) is 4.14. The first-order valence-corrected chi connectivity index (χ1v) is 8.06. The monoisotopic (exact) mass is 339 g/mol. The molecule has 0 aromatic heterocycles. The molecule has 0 saturated heterocycles. The summed E-state index contributed by atoms with van der Waals surface area (Å²) in [6, 6.07) is 14.8. The van der Waals surface area contributed by atoms with Crippen molar-refractivity contribution in [1.82, 2.24) is 0 Å². The van der Waals surface area contributed by atoms with Crippen LogP contribution in [0.2, 0.25) is 0 Å². The van der Waals surface area contributed by atoms with Gasteiger partial charge in [0.25, 0.3) is 5.91 Å². The number of rotatable bonds is 4. The molecule has 0 radical (unpaired) electrons. The molecule has 1 N–H and O–H groups in total. The number of carbonyl (C=O) groups is 2. The standard InChI is InChI=1S/C19H21N3O3/c1-21(2)14-10-8-13(9-11-14)20-18(23)12-17-19(24)22(3)15-6-4-5-7-16(15)25-17/h4-11,17H,12H2,1-3H3,(H,20,23). The number of nitrogens with one attached hydrogen (secondary N) is 1. The molecule has 25 heavy (non-hydrogen) atoms. The highest BCUT2D eigenvalue weighted by molar-refractivity contribution is 6.03. The van der Waals surface area contributed by atoms with Crippen molar-refractivity contribution >= 4 is 28.9 Å². The lowest BCUT2D eigenvalue weighted by atomic mass is 10.1. The summed E-state index contributed by atoms with van der Waals surface area (Å²) < 4.78 is 5.71. The lowest BCUT2D eigenvalue weighted by Gasteiger charge is -2.31. The van der Waals surface area contributed by atoms with E-state index in [0.717, 1.165) is 5.69 Å². The Morgan fingerprint density at radius 2 is 1.84 bits per heavy atom. The van der Waals surface area contributed by atoms with Crippen LogP contribution < -0.4 is 19.9 Å². The predicted octanol–water partition coefficient (Wildman–Crippen LogP) is 2.51. The Morgan fingerprint density at radius 3 is 2.52 bits per heavy atom. The van der Waals surface area contributed by atoms with Gasteiger partial charge < -0.3 is 19.9 Å². The molecule has 1 unspecified atom stereocenters. The molecule has 0 saturated carbocycles. The van der Waals surface area contributed by atoms with Gasteiger partial charge in [0.1, 0.15) is 5.75 Å². The number of hydrogen-bond donors (Lipinski definition) is 1. The summed E-state index contributed by atoms with van der Waals surface area (Å²) in [6.45, 7) is 0. The molecule has 2 aromatic carbocycles. The molecule has 1 aliphatic heterocycles. The number of para-hydroxylation sites is 2. The van der Waals surface area contributed by atoms with E-state index >= 15 is 0 Å². The van der Waals surface area contributed by atoms with Gasteiger partial charge in [-0.25, -0.2) is 0 Å². The summed E-state index contributed by atoms with van der Waals surface area (Å²) in [4.78, 5) is 28.2. The second kappa shape index (κ2) is 6.84. The van der Waals surface area contributed by atoms with Gasteiger partial charge in [-0.1, -0.05) is 12.1 Å². The average Bonchev–Trinajstić information content (AvgIpc) is 2.60. The molecule has 2 aromatic rings. The van der Waals surface area contributed by atoms with Gasteiger partial charge in [0.15, 0.2) is 6.10 Å². The fourth-order valence-corrected chi connectivity index (χ4v) is 2.72. The molecular weight excluding hydrogens is 318 g/mol. The molecule has 0 fully saturated rings. The summed E-state index contributed by atoms with van der Waals surface area (Å²) in [7, 11) is 5.59. The number of benzene rings is 2. The maximum absolute atomic E-state index is 12.4. The quantitative estimate of drug-likeness (QED) is 0.930. The first-order chi connectivity index (χ1) is 12.0. The lowest BCUT2D eigenvalue weighted by molar-refractivity contribution is -0.130. The van der Waals surface area contributed by atoms with E-state index in [-0.39, 0.29) is 18.2 Å². The Bertz CT molecular complexity index is 787. The fraction of sp³-hybridized carbons (Fsp3) is 0.263. The van der Waals surface area contributed by atoms with Crippen molar-refractivity contribution < 1.29 is 14.3 Å². The fourth-order valence-electron chi connectivity index (χ4n) is 2.72. The third-order valence-electron chi connectivity index (χ3n) is 4.14. The minimum Gasteiger partial charge on any atom is -0.478 e. The topological polar surface area (TPSA) is 61.9 Å². The number of carbonyl (C=O) groups excluding carboxylic acids is 2. The highest BCUT2D eigenvalue weighted by Gasteiger charge is 2.33. The van der Waals surface area contributed by atoms with Crippen LogP contribution in [0.25, 0.3) is 0 Å². The number of hydrogen-bond acceptors (Lipinski definition) is 4. The van der Waals surface area contributed by atoms with Gasteiger partial charge >= 0.3 is 0 Å². The number of nitrogens with zero attached hydrogens (tertiary/aromatic N) is 2. The van der Waals surface area contributed by atoms with Gasteiger partial charge in [0.05, 0.1) is 12.1 Å². The molecule has 6 heteroatoms. The second-order valence-corrected chi connectivity index (χ2v) is 6.17. The zero-order valence-corrected chi connectivity index (χ0v) is 14.5. The average molecular weight is 339 g/mol. The highest BCUT2D eigenvalue weighted by Crippen LogP contribution is 2.33. The van der Waals surface area contributed by atoms with Crippen molar-refractivity contribution in [1.29, 1.82) is 0 Å². The van der Waals surface area contributed by atoms with Crippen LogP contribution >= 0.6 is 0 Å². The van der Waals surface area contributed by atoms with Gasteiger partial charge in [-0.05, 0) is 36.4 Å². The molecule has 130 valence electrons. The Hall–Kier alpha value is -3.02. The second-order valence-electron chi connectivity index (χ2n) is 6.17. The maximum Gasteiger partial charge on any atom is 0.268 e. The molecule has 1 atom stereocenters. The Kier molecular flexibility index (Phi) is 4.61. The van der Waals surface area contributed by atoms with E-state index in [0.29, 0.717) is 17.1 Å². The Balaban J connectivity index is 1.66. The molecule has 6 nitrogen and oxygen atoms in total. The number of amides is 2. The van der Waals surface area contributed by atoms with Crippen LogP contribution in [-0.4, -0.2) is 39.1 Å². The van der Waals surface area contributed by atoms with Crippen LogP contribution in [0.3, 0.4) is 0 Å². The molecule has 0 aliphatic carbocycles. The first kappa shape index (κ1) is 16.8. The zero-order chi connectivity index (χ0) is 18.0. The molecule has 1 aliphatic rings. The van der Waals surface area contributed by atoms with Gasteiger partial charge in [-0.3, -0.25) is 9.59 Å². The summed E-state index contributed by atoms with van der Waals surface area (Å²) in [5.41, 5.74) is 2.44. The van der Waals surface area contributed by atoms with Gasteiger partial charge in [-0.2, -0.15) is 0 Å². The summed E-state index contributed by atoms with van der Waals surface area (Å²) in [5, 5.41) is 2.81. The molecule has 3 rings (SSSR count). The molecule has 1 heterocycles. The largest absolute Gasteiger partial charge is 0.478 e. The van der Waals surface area contributed by atoms with Crippen molar-refractivity contribution in [2.75, 3.05) is 36.3 Å². The number of fused-ring (bicyclic) bond motifs is 1. The van der Waals surface area contributed by atoms with Crippen molar-refractivity contribution in [2.24, 2.45) is 0 Å². The van der Waals surface area contributed by atoms with Crippen LogP contribution in [0.15, 0.2) is 48.5 Å². The van der Waals surface area contributed by atoms with Gasteiger partial charge in [0.2, 0.25) is 5.91 Å². The SMILES string of the molecule is CN(C)c1ccc(NC(=O)CC2Oc3ccccc3N(C)C2=O)cc1. The van der Waals surface area contributed by atoms with Crippen molar-refractivity contribution in [3.8, 4) is 5.75 Å². The van der Waals surface area contributed by atoms with Crippen LogP contribution in [0, 0.1) is 0 Å². The number of ether oxygens (including phenoxy) is 1. The van der Waals surface area contributed by atoms with E-state index in [1.165, 1.54) is 4.90 Å². The van der Waals surface area contributed by atoms with Gasteiger partial charge in [-0.15, -0.1) is 0 Å². The van der Waals surface area contributed by atoms with E-state index in [4.69, 9.17) is 4.74 Å². The molecular formula is C19H21N3O3. The predicted molar refractivity (Wildman–Crippen MR) is 98.3 cm³/mol. The van der Waals surface area contributed by atoms with E-state index in [1.807, 2.05) is 61.5 Å². The smallest absolute Gasteiger partial charge is 0.268 e. The van der Waals surface area contributed by atoms with E-state index in [2.05, 4.69) is 5.32 Å². The Labute approximate surface area is 147 Å². The van der Waals surface area contributed by atoms with Crippen LogP contribution in [0.4, 0.5) is 17.1 Å². The van der Waals surface area contributed by atoms with Crippen molar-refractivity contribution in [3.63, 3.8) is 0 Å². The van der Waals surface area contributed by atoms with E-state index < -0.39 is 6.10 Å². The Morgan fingerprint density at radius 1 is 1.16 bits per heavy atom. The highest BCUT2D eigenvalue weighted by atomic mass is 16.5. The minimum absolute atomic E-state index is 0.0348. The minimum atomic E-state index is -0.819. The summed E-state index contributed by atoms with van der Waals surface area (Å²) >= 11 is 0. The molecule has 2 amide bonds. The molecule has 0 bridgehead atoms. The van der Waals surface area contributed by atoms with E-state index in [9.17, 15) is 9.59 Å². The zero-order valence-electron chi connectivity index (χ0n) is 14.5. The van der Waals surface area contributed by atoms with Crippen LogP contribution in [0.5, 0.6) is 5.75 Å². The maximum atomic E-state index is 12.4. The number of likely N-dealkylation sites (N-methyl/N-ethyl adjacent to an activating group) is 1.